The van der Waals surface area contributed by atoms with Crippen LogP contribution >= 0.6 is 0 Å². The van der Waals surface area contributed by atoms with Crippen LogP contribution in [-0.4, -0.2) is 41.2 Å². The largest absolute Gasteiger partial charge is 0.478 e. The molecule has 20 heavy (non-hydrogen) atoms. The number of ether oxygens (including phenoxy) is 1. The third-order valence-electron chi connectivity index (χ3n) is 2.56. The summed E-state index contributed by atoms with van der Waals surface area (Å²) in [6.07, 6.45) is 3.22. The van der Waals surface area contributed by atoms with Crippen molar-refractivity contribution >= 4 is 11.9 Å². The number of carboxylic acid groups (broad SMARTS) is 1. The summed E-state index contributed by atoms with van der Waals surface area (Å²) in [5, 5.41) is 11.6. The Balaban J connectivity index is 2.38. The van der Waals surface area contributed by atoms with Crippen LogP contribution in [0.5, 0.6) is 0 Å². The average molecular weight is 280 g/mol. The molecule has 0 radical (unpaired) electrons. The lowest BCUT2D eigenvalue weighted by Gasteiger charge is -2.08. The molecule has 1 amide bonds. The van der Waals surface area contributed by atoms with Crippen molar-refractivity contribution in [3.8, 4) is 0 Å². The van der Waals surface area contributed by atoms with Gasteiger partial charge < -0.3 is 15.2 Å². The summed E-state index contributed by atoms with van der Waals surface area (Å²) >= 11 is 0. The highest BCUT2D eigenvalue weighted by Crippen LogP contribution is 2.05. The van der Waals surface area contributed by atoms with E-state index in [0.29, 0.717) is 13.2 Å². The Kier molecular flexibility index (Phi) is 6.66. The van der Waals surface area contributed by atoms with E-state index in [2.05, 4.69) is 10.3 Å². The highest BCUT2D eigenvalue weighted by Gasteiger charge is 2.16. The molecular weight excluding hydrogens is 260 g/mol. The van der Waals surface area contributed by atoms with E-state index in [0.717, 1.165) is 12.8 Å². The van der Waals surface area contributed by atoms with Crippen molar-refractivity contribution < 1.29 is 19.4 Å². The zero-order chi connectivity index (χ0) is 15.0. The summed E-state index contributed by atoms with van der Waals surface area (Å²) in [7, 11) is 0. The van der Waals surface area contributed by atoms with E-state index in [1.165, 1.54) is 18.3 Å². The molecule has 1 aromatic heterocycles. The molecule has 1 aromatic rings. The van der Waals surface area contributed by atoms with Crippen LogP contribution in [0.2, 0.25) is 0 Å². The molecule has 0 aliphatic rings. The summed E-state index contributed by atoms with van der Waals surface area (Å²) in [5.74, 6) is -1.62. The van der Waals surface area contributed by atoms with Gasteiger partial charge in [-0.2, -0.15) is 0 Å². The fraction of sp³-hybridized carbons (Fsp3) is 0.500. The molecule has 6 heteroatoms. The molecule has 0 aromatic carbocycles. The molecule has 0 spiro atoms. The van der Waals surface area contributed by atoms with Gasteiger partial charge in [0.15, 0.2) is 0 Å². The van der Waals surface area contributed by atoms with Crippen molar-refractivity contribution in [3.05, 3.63) is 29.6 Å². The third kappa shape index (κ3) is 5.36. The number of amides is 1. The van der Waals surface area contributed by atoms with Crippen LogP contribution in [0, 0.1) is 0 Å². The number of carboxylic acids is 1. The Morgan fingerprint density at radius 2 is 2.15 bits per heavy atom. The first-order valence-electron chi connectivity index (χ1n) is 6.60. The first kappa shape index (κ1) is 16.1. The maximum Gasteiger partial charge on any atom is 0.338 e. The van der Waals surface area contributed by atoms with Crippen LogP contribution in [0.15, 0.2) is 18.3 Å². The SMILES string of the molecule is CC(C)OCCCCNC(=O)c1ncccc1C(=O)O. The topological polar surface area (TPSA) is 88.5 Å². The highest BCUT2D eigenvalue weighted by atomic mass is 16.5. The van der Waals surface area contributed by atoms with Gasteiger partial charge in [-0.1, -0.05) is 0 Å². The molecule has 0 aliphatic carbocycles. The number of rotatable bonds is 8. The minimum atomic E-state index is -1.16. The van der Waals surface area contributed by atoms with E-state index in [1.54, 1.807) is 0 Å². The van der Waals surface area contributed by atoms with Gasteiger partial charge in [0, 0.05) is 19.3 Å². The van der Waals surface area contributed by atoms with Gasteiger partial charge in [0.05, 0.1) is 11.7 Å². The van der Waals surface area contributed by atoms with Crippen molar-refractivity contribution in [1.82, 2.24) is 10.3 Å². The highest BCUT2D eigenvalue weighted by molar-refractivity contribution is 6.03. The second-order valence-corrected chi connectivity index (χ2v) is 4.59. The molecule has 0 aliphatic heterocycles. The number of nitrogens with zero attached hydrogens (tertiary/aromatic N) is 1. The van der Waals surface area contributed by atoms with E-state index >= 15 is 0 Å². The molecule has 2 N–H and O–H groups in total. The third-order valence-corrected chi connectivity index (χ3v) is 2.56. The maximum absolute atomic E-state index is 11.8. The number of aromatic nitrogens is 1. The second-order valence-electron chi connectivity index (χ2n) is 4.59. The minimum absolute atomic E-state index is 0.0570. The zero-order valence-electron chi connectivity index (χ0n) is 11.8. The predicted molar refractivity (Wildman–Crippen MR) is 73.9 cm³/mol. The molecule has 0 atom stereocenters. The number of unbranched alkanes of at least 4 members (excludes halogenated alkanes) is 1. The molecule has 0 saturated carbocycles. The Labute approximate surface area is 118 Å². The Morgan fingerprint density at radius 1 is 1.40 bits per heavy atom. The van der Waals surface area contributed by atoms with Crippen LogP contribution in [0.1, 0.15) is 47.5 Å². The van der Waals surface area contributed by atoms with E-state index in [1.807, 2.05) is 13.8 Å². The lowest BCUT2D eigenvalue weighted by atomic mass is 10.2. The van der Waals surface area contributed by atoms with Crippen LogP contribution in [0.4, 0.5) is 0 Å². The minimum Gasteiger partial charge on any atom is -0.478 e. The molecule has 0 bridgehead atoms. The van der Waals surface area contributed by atoms with Crippen LogP contribution < -0.4 is 5.32 Å². The van der Waals surface area contributed by atoms with Gasteiger partial charge in [-0.25, -0.2) is 4.79 Å². The second kappa shape index (κ2) is 8.27. The number of aromatic carboxylic acids is 1. The maximum atomic E-state index is 11.8. The summed E-state index contributed by atoms with van der Waals surface area (Å²) < 4.78 is 5.38. The summed E-state index contributed by atoms with van der Waals surface area (Å²) in [5.41, 5.74) is -0.147. The molecule has 1 rings (SSSR count). The Hall–Kier alpha value is -1.95. The van der Waals surface area contributed by atoms with Crippen LogP contribution in [-0.2, 0) is 4.74 Å². The van der Waals surface area contributed by atoms with Crippen molar-refractivity contribution in [3.63, 3.8) is 0 Å². The van der Waals surface area contributed by atoms with Crippen molar-refractivity contribution in [1.29, 1.82) is 0 Å². The van der Waals surface area contributed by atoms with Crippen molar-refractivity contribution in [2.45, 2.75) is 32.8 Å². The monoisotopic (exact) mass is 280 g/mol. The number of carbonyl (C=O) groups excluding carboxylic acids is 1. The normalized spacial score (nSPS) is 10.6. The molecule has 0 fully saturated rings. The fourth-order valence-corrected chi connectivity index (χ4v) is 1.59. The molecule has 6 nitrogen and oxygen atoms in total. The first-order chi connectivity index (χ1) is 9.52. The first-order valence-corrected chi connectivity index (χ1v) is 6.60. The molecule has 110 valence electrons. The Morgan fingerprint density at radius 3 is 2.80 bits per heavy atom. The number of hydrogen-bond donors (Lipinski definition) is 2. The quantitative estimate of drug-likeness (QED) is 0.708. The van der Waals surface area contributed by atoms with E-state index in [9.17, 15) is 9.59 Å². The predicted octanol–water partition coefficient (Wildman–Crippen LogP) is 1.71. The fourth-order valence-electron chi connectivity index (χ4n) is 1.59. The van der Waals surface area contributed by atoms with Gasteiger partial charge in [-0.3, -0.25) is 9.78 Å². The van der Waals surface area contributed by atoms with Gasteiger partial charge in [-0.05, 0) is 38.8 Å². The van der Waals surface area contributed by atoms with E-state index in [4.69, 9.17) is 9.84 Å². The molecule has 0 unspecified atom stereocenters. The van der Waals surface area contributed by atoms with Gasteiger partial charge >= 0.3 is 5.97 Å². The van der Waals surface area contributed by atoms with Crippen molar-refractivity contribution in [2.75, 3.05) is 13.2 Å². The molecular formula is C14H20N2O4. The number of pyridine rings is 1. The van der Waals surface area contributed by atoms with Crippen LogP contribution in [0.3, 0.4) is 0 Å². The summed E-state index contributed by atoms with van der Waals surface area (Å²) in [4.78, 5) is 26.6. The van der Waals surface area contributed by atoms with Gasteiger partial charge in [0.2, 0.25) is 0 Å². The van der Waals surface area contributed by atoms with Crippen molar-refractivity contribution in [2.24, 2.45) is 0 Å². The average Bonchev–Trinajstić information content (AvgIpc) is 2.42. The van der Waals surface area contributed by atoms with Gasteiger partial charge in [0.25, 0.3) is 5.91 Å². The molecule has 1 heterocycles. The standard InChI is InChI=1S/C14H20N2O4/c1-10(2)20-9-4-3-7-16-13(17)12-11(14(18)19)6-5-8-15-12/h5-6,8,10H,3-4,7,9H2,1-2H3,(H,16,17)(H,18,19). The smallest absolute Gasteiger partial charge is 0.338 e. The van der Waals surface area contributed by atoms with Gasteiger partial charge in [0.1, 0.15) is 5.69 Å². The number of hydrogen-bond acceptors (Lipinski definition) is 4. The number of carbonyl (C=O) groups is 2. The zero-order valence-corrected chi connectivity index (χ0v) is 11.8. The molecule has 0 saturated heterocycles. The number of nitrogens with one attached hydrogen (secondary N) is 1. The van der Waals surface area contributed by atoms with Crippen LogP contribution in [0.25, 0.3) is 0 Å². The van der Waals surface area contributed by atoms with Gasteiger partial charge in [-0.15, -0.1) is 0 Å². The lowest BCUT2D eigenvalue weighted by Crippen LogP contribution is -2.27. The lowest BCUT2D eigenvalue weighted by molar-refractivity contribution is 0.0690. The Bertz CT molecular complexity index is 460. The van der Waals surface area contributed by atoms with E-state index < -0.39 is 11.9 Å². The van der Waals surface area contributed by atoms with E-state index in [-0.39, 0.29) is 17.4 Å². The summed E-state index contributed by atoms with van der Waals surface area (Å²) in [6.45, 7) is 5.06. The summed E-state index contributed by atoms with van der Waals surface area (Å²) in [6, 6.07) is 2.85.